The summed E-state index contributed by atoms with van der Waals surface area (Å²) < 4.78 is 12.4. The van der Waals surface area contributed by atoms with Crippen molar-refractivity contribution in [2.75, 3.05) is 34.9 Å². The zero-order valence-corrected chi connectivity index (χ0v) is 23.0. The monoisotopic (exact) mass is 555 g/mol. The molecule has 3 aromatic heterocycles. The summed E-state index contributed by atoms with van der Waals surface area (Å²) in [5, 5.41) is 13.7. The third kappa shape index (κ3) is 5.21. The van der Waals surface area contributed by atoms with Crippen LogP contribution < -0.4 is 9.47 Å². The number of hydrogen-bond donors (Lipinski definition) is 1. The van der Waals surface area contributed by atoms with Crippen LogP contribution >= 0.6 is 27.3 Å². The van der Waals surface area contributed by atoms with E-state index in [4.69, 9.17) is 14.5 Å². The molecule has 6 nitrogen and oxygen atoms in total. The lowest BCUT2D eigenvalue weighted by Gasteiger charge is -2.38. The minimum Gasteiger partial charge on any atom is -0.481 e. The molecule has 0 fully saturated rings. The summed E-state index contributed by atoms with van der Waals surface area (Å²) in [6.45, 7) is 2.73. The van der Waals surface area contributed by atoms with Gasteiger partial charge in [-0.2, -0.15) is 0 Å². The molecule has 0 saturated heterocycles. The standard InChI is InChI=1S/C27H30BrN3O3S/c1-17-8-11-23(35-17)24(20-16-18-15-19(28)9-10-22(18)30-25(20)33-4)27(32,12-14-31(2)3)21-7-6-13-29-26(21)34-5/h6-11,13,15-16,24,32H,12,14H2,1-5H3/t24-,27+/m0/s1. The van der Waals surface area contributed by atoms with Gasteiger partial charge in [0.2, 0.25) is 11.8 Å². The fraction of sp³-hybridized carbons (Fsp3) is 0.333. The Balaban J connectivity index is 2.04. The summed E-state index contributed by atoms with van der Waals surface area (Å²) in [7, 11) is 7.21. The topological polar surface area (TPSA) is 67.7 Å². The van der Waals surface area contributed by atoms with E-state index in [1.165, 1.54) is 0 Å². The van der Waals surface area contributed by atoms with Gasteiger partial charge in [-0.1, -0.05) is 15.9 Å². The van der Waals surface area contributed by atoms with E-state index in [1.54, 1.807) is 31.8 Å². The molecule has 8 heteroatoms. The van der Waals surface area contributed by atoms with E-state index in [0.29, 0.717) is 30.3 Å². The van der Waals surface area contributed by atoms with Gasteiger partial charge < -0.3 is 19.5 Å². The van der Waals surface area contributed by atoms with Gasteiger partial charge in [0.25, 0.3) is 0 Å². The highest BCUT2D eigenvalue weighted by Gasteiger charge is 2.45. The van der Waals surface area contributed by atoms with E-state index in [-0.39, 0.29) is 0 Å². The van der Waals surface area contributed by atoms with Crippen molar-refractivity contribution in [3.8, 4) is 11.8 Å². The number of ether oxygens (including phenoxy) is 2. The zero-order valence-electron chi connectivity index (χ0n) is 20.6. The first-order valence-electron chi connectivity index (χ1n) is 11.3. The maximum Gasteiger partial charge on any atom is 0.219 e. The first-order chi connectivity index (χ1) is 16.8. The number of hydrogen-bond acceptors (Lipinski definition) is 7. The van der Waals surface area contributed by atoms with Gasteiger partial charge in [0.15, 0.2) is 0 Å². The number of fused-ring (bicyclic) bond motifs is 1. The second-order valence-electron chi connectivity index (χ2n) is 8.84. The zero-order chi connectivity index (χ0) is 25.2. The molecule has 35 heavy (non-hydrogen) atoms. The molecule has 0 spiro atoms. The van der Waals surface area contributed by atoms with Crippen molar-refractivity contribution in [2.45, 2.75) is 24.9 Å². The second-order valence-corrected chi connectivity index (χ2v) is 11.1. The van der Waals surface area contributed by atoms with Crippen LogP contribution in [0.1, 0.15) is 33.2 Å². The fourth-order valence-electron chi connectivity index (χ4n) is 4.48. The Kier molecular flexibility index (Phi) is 7.76. The van der Waals surface area contributed by atoms with Crippen LogP contribution in [0.4, 0.5) is 0 Å². The predicted molar refractivity (Wildman–Crippen MR) is 145 cm³/mol. The highest BCUT2D eigenvalue weighted by atomic mass is 79.9. The first kappa shape index (κ1) is 25.6. The van der Waals surface area contributed by atoms with Crippen LogP contribution in [0.2, 0.25) is 0 Å². The molecule has 0 bridgehead atoms. The number of nitrogens with zero attached hydrogens (tertiary/aromatic N) is 3. The maximum absolute atomic E-state index is 12.7. The Morgan fingerprint density at radius 3 is 2.51 bits per heavy atom. The molecule has 0 unspecified atom stereocenters. The molecule has 184 valence electrons. The summed E-state index contributed by atoms with van der Waals surface area (Å²) in [6, 6.07) is 15.9. The molecule has 3 heterocycles. The van der Waals surface area contributed by atoms with E-state index < -0.39 is 11.5 Å². The molecule has 1 aromatic carbocycles. The number of benzene rings is 1. The molecule has 0 aliphatic heterocycles. The van der Waals surface area contributed by atoms with Crippen molar-refractivity contribution in [3.63, 3.8) is 0 Å². The minimum absolute atomic E-state index is 0.405. The Bertz CT molecular complexity index is 1330. The van der Waals surface area contributed by atoms with Gasteiger partial charge in [0, 0.05) is 43.5 Å². The van der Waals surface area contributed by atoms with Crippen molar-refractivity contribution < 1.29 is 14.6 Å². The summed E-state index contributed by atoms with van der Waals surface area (Å²) in [6.07, 6.45) is 2.12. The van der Waals surface area contributed by atoms with Gasteiger partial charge in [0.1, 0.15) is 5.60 Å². The number of pyridine rings is 2. The second kappa shape index (κ2) is 10.6. The van der Waals surface area contributed by atoms with Crippen LogP contribution in [-0.4, -0.2) is 54.8 Å². The van der Waals surface area contributed by atoms with Gasteiger partial charge in [-0.3, -0.25) is 0 Å². The SMILES string of the molecule is COc1nc2ccc(Br)cc2cc1[C@@H](c1ccc(C)s1)[C@@](O)(CCN(C)C)c1cccnc1OC. The molecule has 0 saturated carbocycles. The molecule has 0 radical (unpaired) electrons. The maximum atomic E-state index is 12.7. The number of aryl methyl sites for hydroxylation is 1. The molecule has 0 aliphatic rings. The summed E-state index contributed by atoms with van der Waals surface area (Å²) in [5.74, 6) is 0.426. The normalized spacial score (nSPS) is 14.2. The van der Waals surface area contributed by atoms with Crippen molar-refractivity contribution in [1.82, 2.24) is 14.9 Å². The largest absolute Gasteiger partial charge is 0.481 e. The summed E-state index contributed by atoms with van der Waals surface area (Å²) >= 11 is 5.24. The first-order valence-corrected chi connectivity index (χ1v) is 12.9. The molecule has 4 aromatic rings. The van der Waals surface area contributed by atoms with Crippen LogP contribution in [0.25, 0.3) is 10.9 Å². The van der Waals surface area contributed by atoms with Gasteiger partial charge in [-0.15, -0.1) is 11.3 Å². The number of rotatable bonds is 9. The Labute approximate surface area is 218 Å². The van der Waals surface area contributed by atoms with Crippen molar-refractivity contribution in [2.24, 2.45) is 0 Å². The molecular formula is C27H30BrN3O3S. The van der Waals surface area contributed by atoms with Crippen molar-refractivity contribution in [3.05, 3.63) is 80.1 Å². The van der Waals surface area contributed by atoms with E-state index in [0.717, 1.165) is 30.7 Å². The fourth-order valence-corrected chi connectivity index (χ4v) is 5.94. The van der Waals surface area contributed by atoms with Gasteiger partial charge in [-0.25, -0.2) is 9.97 Å². The Morgan fingerprint density at radius 2 is 1.86 bits per heavy atom. The van der Waals surface area contributed by atoms with Crippen LogP contribution in [0, 0.1) is 6.92 Å². The lowest BCUT2D eigenvalue weighted by Crippen LogP contribution is -2.38. The van der Waals surface area contributed by atoms with Crippen molar-refractivity contribution >= 4 is 38.2 Å². The van der Waals surface area contributed by atoms with E-state index in [2.05, 4.69) is 50.9 Å². The summed E-state index contributed by atoms with van der Waals surface area (Å²) in [4.78, 5) is 13.5. The lowest BCUT2D eigenvalue weighted by atomic mass is 9.74. The predicted octanol–water partition coefficient (Wildman–Crippen LogP) is 5.75. The molecular weight excluding hydrogens is 526 g/mol. The smallest absolute Gasteiger partial charge is 0.219 e. The number of thiophene rings is 1. The van der Waals surface area contributed by atoms with Crippen molar-refractivity contribution in [1.29, 1.82) is 0 Å². The Morgan fingerprint density at radius 1 is 1.09 bits per heavy atom. The number of aromatic nitrogens is 2. The van der Waals surface area contributed by atoms with Gasteiger partial charge >= 0.3 is 0 Å². The van der Waals surface area contributed by atoms with E-state index >= 15 is 0 Å². The average molecular weight is 557 g/mol. The van der Waals surface area contributed by atoms with Gasteiger partial charge in [-0.05, 0) is 76.0 Å². The number of halogens is 1. The minimum atomic E-state index is -1.35. The third-order valence-corrected chi connectivity index (χ3v) is 7.73. The van der Waals surface area contributed by atoms with E-state index in [1.807, 2.05) is 44.4 Å². The number of aliphatic hydroxyl groups is 1. The lowest BCUT2D eigenvalue weighted by molar-refractivity contribution is 0.00220. The van der Waals surface area contributed by atoms with Crippen LogP contribution in [-0.2, 0) is 5.60 Å². The van der Waals surface area contributed by atoms with E-state index in [9.17, 15) is 5.11 Å². The molecule has 4 rings (SSSR count). The average Bonchev–Trinajstić information content (AvgIpc) is 3.27. The van der Waals surface area contributed by atoms with Crippen LogP contribution in [0.3, 0.4) is 0 Å². The third-order valence-electron chi connectivity index (χ3n) is 6.17. The quantitative estimate of drug-likeness (QED) is 0.283. The summed E-state index contributed by atoms with van der Waals surface area (Å²) in [5.41, 5.74) is 0.921. The van der Waals surface area contributed by atoms with Gasteiger partial charge in [0.05, 0.1) is 25.7 Å². The highest BCUT2D eigenvalue weighted by Crippen LogP contribution is 2.50. The van der Waals surface area contributed by atoms with Crippen LogP contribution in [0.15, 0.2) is 59.2 Å². The number of methoxy groups -OCH3 is 2. The molecule has 1 N–H and O–H groups in total. The van der Waals surface area contributed by atoms with Crippen LogP contribution in [0.5, 0.6) is 11.8 Å². The molecule has 0 aliphatic carbocycles. The molecule has 2 atom stereocenters. The molecule has 0 amide bonds. The Hall–Kier alpha value is -2.52. The highest BCUT2D eigenvalue weighted by molar-refractivity contribution is 9.10.